The summed E-state index contributed by atoms with van der Waals surface area (Å²) in [5.41, 5.74) is -2.26. The number of hydrogen-bond donors (Lipinski definition) is 0. The highest BCUT2D eigenvalue weighted by Gasteiger charge is 2.40. The average Bonchev–Trinajstić information content (AvgIpc) is 2.96. The first-order valence-corrected chi connectivity index (χ1v) is 8.75. The minimum absolute atomic E-state index is 0.0307. The molecule has 0 aliphatic carbocycles. The van der Waals surface area contributed by atoms with Crippen molar-refractivity contribution in [3.8, 4) is 0 Å². The summed E-state index contributed by atoms with van der Waals surface area (Å²) in [6, 6.07) is 0.686. The SMILES string of the molecule is CC(C)c1nc2c(n1C)CCN(c1c([N+](=O)[O-])cc(C(F)(F)F)cc1[N+](=O)[O-])C2. The fourth-order valence-corrected chi connectivity index (χ4v) is 3.63. The molecule has 1 aromatic heterocycles. The summed E-state index contributed by atoms with van der Waals surface area (Å²) in [6.45, 7) is 4.12. The molecule has 9 nitrogen and oxygen atoms in total. The third-order valence-corrected chi connectivity index (χ3v) is 4.91. The van der Waals surface area contributed by atoms with Crippen LogP contribution in [0.25, 0.3) is 0 Å². The van der Waals surface area contributed by atoms with E-state index in [9.17, 15) is 33.4 Å². The molecule has 2 heterocycles. The van der Waals surface area contributed by atoms with Crippen LogP contribution in [0.5, 0.6) is 0 Å². The highest BCUT2D eigenvalue weighted by Crippen LogP contribution is 2.44. The molecule has 1 aliphatic rings. The van der Waals surface area contributed by atoms with Crippen LogP contribution in [-0.4, -0.2) is 25.9 Å². The van der Waals surface area contributed by atoms with E-state index in [-0.39, 0.29) is 19.0 Å². The number of nitro benzene ring substituents is 2. The molecule has 0 N–H and O–H groups in total. The number of halogens is 3. The number of nitrogens with zero attached hydrogens (tertiary/aromatic N) is 5. The summed E-state index contributed by atoms with van der Waals surface area (Å²) in [7, 11) is 1.85. The Balaban J connectivity index is 2.14. The van der Waals surface area contributed by atoms with E-state index in [1.165, 1.54) is 4.90 Å². The molecule has 2 aromatic rings. The number of alkyl halides is 3. The monoisotopic (exact) mass is 413 g/mol. The molecule has 1 aromatic carbocycles. The average molecular weight is 413 g/mol. The summed E-state index contributed by atoms with van der Waals surface area (Å²) in [6.07, 6.45) is -4.54. The Hall–Kier alpha value is -3.18. The van der Waals surface area contributed by atoms with Gasteiger partial charge in [-0.05, 0) is 0 Å². The number of aromatic nitrogens is 2. The number of benzene rings is 1. The number of fused-ring (bicyclic) bond motifs is 1. The second kappa shape index (κ2) is 7.01. The summed E-state index contributed by atoms with van der Waals surface area (Å²) >= 11 is 0. The van der Waals surface area contributed by atoms with Gasteiger partial charge in [0.05, 0.1) is 27.6 Å². The molecule has 0 fully saturated rings. The predicted octanol–water partition coefficient (Wildman–Crippen LogP) is 3.94. The predicted molar refractivity (Wildman–Crippen MR) is 96.8 cm³/mol. The van der Waals surface area contributed by atoms with E-state index in [0.717, 1.165) is 11.5 Å². The maximum Gasteiger partial charge on any atom is 0.416 e. The quantitative estimate of drug-likeness (QED) is 0.555. The Morgan fingerprint density at radius 3 is 2.14 bits per heavy atom. The van der Waals surface area contributed by atoms with Gasteiger partial charge in [-0.2, -0.15) is 13.2 Å². The summed E-state index contributed by atoms with van der Waals surface area (Å²) in [4.78, 5) is 26.8. The normalized spacial score (nSPS) is 14.2. The van der Waals surface area contributed by atoms with Crippen molar-refractivity contribution >= 4 is 17.1 Å². The van der Waals surface area contributed by atoms with E-state index >= 15 is 0 Å². The van der Waals surface area contributed by atoms with Gasteiger partial charge in [0.25, 0.3) is 11.4 Å². The van der Waals surface area contributed by atoms with Crippen LogP contribution in [0.1, 0.15) is 42.5 Å². The molecule has 12 heteroatoms. The Labute approximate surface area is 163 Å². The first-order chi connectivity index (χ1) is 13.4. The van der Waals surface area contributed by atoms with E-state index in [2.05, 4.69) is 4.98 Å². The van der Waals surface area contributed by atoms with Gasteiger partial charge in [0, 0.05) is 43.8 Å². The van der Waals surface area contributed by atoms with Crippen LogP contribution in [-0.2, 0) is 26.2 Å². The topological polar surface area (TPSA) is 107 Å². The lowest BCUT2D eigenvalue weighted by atomic mass is 10.1. The van der Waals surface area contributed by atoms with Crippen LogP contribution in [0, 0.1) is 20.2 Å². The number of rotatable bonds is 4. The molecule has 0 bridgehead atoms. The van der Waals surface area contributed by atoms with Gasteiger partial charge in [-0.1, -0.05) is 13.8 Å². The highest BCUT2D eigenvalue weighted by molar-refractivity contribution is 5.76. The maximum absolute atomic E-state index is 13.1. The molecule has 3 rings (SSSR count). The molecule has 0 atom stereocenters. The highest BCUT2D eigenvalue weighted by atomic mass is 19.4. The molecular weight excluding hydrogens is 395 g/mol. The van der Waals surface area contributed by atoms with Crippen molar-refractivity contribution in [3.63, 3.8) is 0 Å². The largest absolute Gasteiger partial charge is 0.416 e. The third kappa shape index (κ3) is 3.61. The van der Waals surface area contributed by atoms with Gasteiger partial charge in [-0.25, -0.2) is 4.98 Å². The number of hydrogen-bond acceptors (Lipinski definition) is 6. The molecule has 1 aliphatic heterocycles. The van der Waals surface area contributed by atoms with Crippen molar-refractivity contribution in [1.29, 1.82) is 0 Å². The van der Waals surface area contributed by atoms with Gasteiger partial charge < -0.3 is 9.47 Å². The Bertz CT molecular complexity index is 965. The summed E-state index contributed by atoms with van der Waals surface area (Å²) in [5.74, 6) is 0.919. The van der Waals surface area contributed by atoms with E-state index in [1.54, 1.807) is 0 Å². The van der Waals surface area contributed by atoms with Gasteiger partial charge in [0.2, 0.25) is 0 Å². The van der Waals surface area contributed by atoms with Crippen LogP contribution in [0.4, 0.5) is 30.2 Å². The fourth-order valence-electron chi connectivity index (χ4n) is 3.63. The van der Waals surface area contributed by atoms with E-state index in [4.69, 9.17) is 0 Å². The van der Waals surface area contributed by atoms with Crippen LogP contribution in [0.15, 0.2) is 12.1 Å². The van der Waals surface area contributed by atoms with E-state index in [1.807, 2.05) is 25.5 Å². The van der Waals surface area contributed by atoms with Crippen LogP contribution in [0.3, 0.4) is 0 Å². The zero-order chi connectivity index (χ0) is 21.7. The summed E-state index contributed by atoms with van der Waals surface area (Å²) < 4.78 is 41.2. The molecule has 0 amide bonds. The van der Waals surface area contributed by atoms with Crippen molar-refractivity contribution in [1.82, 2.24) is 9.55 Å². The van der Waals surface area contributed by atoms with Crippen molar-refractivity contribution < 1.29 is 23.0 Å². The Morgan fingerprint density at radius 2 is 1.69 bits per heavy atom. The molecular formula is C17H18F3N5O4. The minimum Gasteiger partial charge on any atom is -0.354 e. The standard InChI is InChI=1S/C17H18F3N5O4/c1-9(2)16-21-11-8-23(5-4-12(11)22(16)3)15-13(24(26)27)6-10(17(18,19)20)7-14(15)25(28)29/h6-7,9H,4-5,8H2,1-3H3. The molecule has 0 unspecified atom stereocenters. The zero-order valence-corrected chi connectivity index (χ0v) is 15.9. The smallest absolute Gasteiger partial charge is 0.354 e. The van der Waals surface area contributed by atoms with Gasteiger partial charge >= 0.3 is 6.18 Å². The summed E-state index contributed by atoms with van der Waals surface area (Å²) in [5, 5.41) is 23.0. The molecule has 0 saturated carbocycles. The number of nitro groups is 2. The molecule has 156 valence electrons. The lowest BCUT2D eigenvalue weighted by molar-refractivity contribution is -0.393. The van der Waals surface area contributed by atoms with Gasteiger partial charge in [-0.3, -0.25) is 20.2 Å². The Kier molecular flexibility index (Phi) is 4.97. The second-order valence-electron chi connectivity index (χ2n) is 7.12. The van der Waals surface area contributed by atoms with E-state index in [0.29, 0.717) is 24.2 Å². The third-order valence-electron chi connectivity index (χ3n) is 4.91. The molecule has 29 heavy (non-hydrogen) atoms. The van der Waals surface area contributed by atoms with Crippen molar-refractivity contribution in [2.24, 2.45) is 7.05 Å². The lowest BCUT2D eigenvalue weighted by Crippen LogP contribution is -2.32. The minimum atomic E-state index is -4.95. The first kappa shape index (κ1) is 20.6. The molecule has 0 spiro atoms. The lowest BCUT2D eigenvalue weighted by Gasteiger charge is -2.28. The molecule has 0 radical (unpaired) electrons. The van der Waals surface area contributed by atoms with Crippen molar-refractivity contribution in [3.05, 3.63) is 55.1 Å². The van der Waals surface area contributed by atoms with Crippen molar-refractivity contribution in [2.75, 3.05) is 11.4 Å². The molecule has 0 saturated heterocycles. The van der Waals surface area contributed by atoms with E-state index < -0.39 is 38.6 Å². The first-order valence-electron chi connectivity index (χ1n) is 8.75. The number of anilines is 1. The van der Waals surface area contributed by atoms with Crippen LogP contribution in [0.2, 0.25) is 0 Å². The van der Waals surface area contributed by atoms with Gasteiger partial charge in [0.15, 0.2) is 5.69 Å². The zero-order valence-electron chi connectivity index (χ0n) is 15.9. The van der Waals surface area contributed by atoms with Crippen LogP contribution < -0.4 is 4.90 Å². The van der Waals surface area contributed by atoms with Crippen LogP contribution >= 0.6 is 0 Å². The maximum atomic E-state index is 13.1. The number of imidazole rings is 1. The van der Waals surface area contributed by atoms with Gasteiger partial charge in [-0.15, -0.1) is 0 Å². The fraction of sp³-hybridized carbons (Fsp3) is 0.471. The van der Waals surface area contributed by atoms with Crippen molar-refractivity contribution in [2.45, 2.75) is 38.9 Å². The second-order valence-corrected chi connectivity index (χ2v) is 7.12. The Morgan fingerprint density at radius 1 is 1.14 bits per heavy atom. The van der Waals surface area contributed by atoms with Gasteiger partial charge in [0.1, 0.15) is 5.82 Å².